The van der Waals surface area contributed by atoms with E-state index in [1.54, 1.807) is 48.5 Å². The largest absolute Gasteiger partial charge is 0.497 e. The highest BCUT2D eigenvalue weighted by molar-refractivity contribution is 7.74. The standard InChI is InChI=1S/C39H44N6O10S/c1-23(36(46)47)53-16-17-54-27-21-25(20-26(22-27)51-6)41-37-40-15-14-34(44-37)55-33-13-12-30(28-10-8-9-11-29(28)33)42-38(48)43-31-18-24(39(2,3)4)19-32(35(31)52-7)45(5)56(49)50/h8-15,18-23,56H,16-17H2,1-7H3,(H,46,47)(H,40,41,44)(H2,42,43,48). The maximum absolute atomic E-state index is 13.5. The molecule has 0 spiro atoms. The molecule has 0 aliphatic carbocycles. The summed E-state index contributed by atoms with van der Waals surface area (Å²) in [5.74, 6) is 1.01. The van der Waals surface area contributed by atoms with E-state index in [1.165, 1.54) is 34.4 Å². The predicted molar refractivity (Wildman–Crippen MR) is 214 cm³/mol. The molecule has 1 atom stereocenters. The number of aliphatic carboxylic acids is 1. The van der Waals surface area contributed by atoms with Crippen LogP contribution < -0.4 is 39.2 Å². The summed E-state index contributed by atoms with van der Waals surface area (Å²) in [6.45, 7) is 7.57. The van der Waals surface area contributed by atoms with Crippen LogP contribution in [0.15, 0.2) is 79.0 Å². The average molecular weight is 789 g/mol. The van der Waals surface area contributed by atoms with Crippen LogP contribution in [0, 0.1) is 0 Å². The molecule has 296 valence electrons. The van der Waals surface area contributed by atoms with Crippen molar-refractivity contribution in [1.29, 1.82) is 0 Å². The number of carbonyl (C=O) groups is 2. The van der Waals surface area contributed by atoms with Gasteiger partial charge in [0.2, 0.25) is 22.7 Å². The zero-order chi connectivity index (χ0) is 40.6. The molecular formula is C39H44N6O10S. The fourth-order valence-corrected chi connectivity index (χ4v) is 5.75. The van der Waals surface area contributed by atoms with Crippen LogP contribution in [-0.4, -0.2) is 76.1 Å². The normalized spacial score (nSPS) is 11.8. The van der Waals surface area contributed by atoms with Crippen molar-refractivity contribution >= 4 is 62.4 Å². The molecule has 0 aliphatic rings. The Labute approximate surface area is 325 Å². The van der Waals surface area contributed by atoms with Crippen LogP contribution in [-0.2, 0) is 25.8 Å². The van der Waals surface area contributed by atoms with Crippen molar-refractivity contribution in [3.63, 3.8) is 0 Å². The number of rotatable bonds is 16. The van der Waals surface area contributed by atoms with E-state index in [-0.39, 0.29) is 41.9 Å². The van der Waals surface area contributed by atoms with Crippen LogP contribution >= 0.6 is 0 Å². The second-order valence-electron chi connectivity index (χ2n) is 13.4. The zero-order valence-electron chi connectivity index (χ0n) is 31.9. The van der Waals surface area contributed by atoms with Gasteiger partial charge in [0, 0.05) is 54.0 Å². The number of nitrogens with one attached hydrogen (secondary N) is 3. The Kier molecular flexibility index (Phi) is 13.0. The van der Waals surface area contributed by atoms with Crippen molar-refractivity contribution in [2.75, 3.05) is 54.7 Å². The molecule has 1 heterocycles. The zero-order valence-corrected chi connectivity index (χ0v) is 32.8. The number of hydrogen-bond acceptors (Lipinski definition) is 12. The number of carbonyl (C=O) groups excluding carboxylic acids is 1. The average Bonchev–Trinajstić information content (AvgIpc) is 3.16. The quantitative estimate of drug-likeness (QED) is 0.0509. The molecule has 0 saturated heterocycles. The van der Waals surface area contributed by atoms with Crippen molar-refractivity contribution < 1.29 is 46.8 Å². The monoisotopic (exact) mass is 788 g/mol. The fourth-order valence-electron chi connectivity index (χ4n) is 5.43. The second-order valence-corrected chi connectivity index (χ2v) is 14.4. The number of anilines is 5. The number of aromatic nitrogens is 2. The molecule has 1 unspecified atom stereocenters. The van der Waals surface area contributed by atoms with Gasteiger partial charge in [0.15, 0.2) is 11.9 Å². The van der Waals surface area contributed by atoms with Gasteiger partial charge >= 0.3 is 12.0 Å². The number of ether oxygens (including phenoxy) is 5. The van der Waals surface area contributed by atoms with Gasteiger partial charge in [-0.2, -0.15) is 4.98 Å². The lowest BCUT2D eigenvalue weighted by Gasteiger charge is -2.25. The van der Waals surface area contributed by atoms with E-state index < -0.39 is 29.0 Å². The lowest BCUT2D eigenvalue weighted by Crippen LogP contribution is -2.23. The van der Waals surface area contributed by atoms with Crippen LogP contribution in [0.1, 0.15) is 33.3 Å². The summed E-state index contributed by atoms with van der Waals surface area (Å²) in [4.78, 5) is 33.3. The molecule has 0 aliphatic heterocycles. The first-order chi connectivity index (χ1) is 26.7. The second kappa shape index (κ2) is 17.9. The van der Waals surface area contributed by atoms with Crippen molar-refractivity contribution in [1.82, 2.24) is 9.97 Å². The topological polar surface area (TPSA) is 200 Å². The maximum atomic E-state index is 13.5. The Hall–Kier alpha value is -6.33. The van der Waals surface area contributed by atoms with Crippen LogP contribution in [0.3, 0.4) is 0 Å². The molecule has 0 saturated carbocycles. The highest BCUT2D eigenvalue weighted by Gasteiger charge is 2.23. The minimum atomic E-state index is -2.97. The predicted octanol–water partition coefficient (Wildman–Crippen LogP) is 6.96. The summed E-state index contributed by atoms with van der Waals surface area (Å²) < 4.78 is 53.1. The maximum Gasteiger partial charge on any atom is 0.332 e. The number of fused-ring (bicyclic) bond motifs is 1. The highest BCUT2D eigenvalue weighted by Crippen LogP contribution is 2.41. The molecular weight excluding hydrogens is 745 g/mol. The van der Waals surface area contributed by atoms with Crippen LogP contribution in [0.25, 0.3) is 10.8 Å². The SMILES string of the molecule is COc1cc(Nc2nccc(Oc3ccc(NC(=O)Nc4cc(C(C)(C)C)cc(N(C)[SH](=O)=O)c4OC)c4ccccc34)n2)cc(OCCOC(C)C(=O)O)c1. The number of urea groups is 1. The number of benzene rings is 4. The van der Waals surface area contributed by atoms with Gasteiger partial charge in [-0.1, -0.05) is 45.0 Å². The summed E-state index contributed by atoms with van der Waals surface area (Å²) >= 11 is 0. The summed E-state index contributed by atoms with van der Waals surface area (Å²) in [5, 5.41) is 19.2. The summed E-state index contributed by atoms with van der Waals surface area (Å²) in [5.41, 5.74) is 2.05. The number of thiol groups is 1. The van der Waals surface area contributed by atoms with Crippen LogP contribution in [0.4, 0.5) is 33.5 Å². The summed E-state index contributed by atoms with van der Waals surface area (Å²) in [7, 11) is 1.37. The molecule has 1 aromatic heterocycles. The number of carboxylic acid groups (broad SMARTS) is 1. The molecule has 0 radical (unpaired) electrons. The number of hydrogen-bond donors (Lipinski definition) is 5. The molecule has 4 N–H and O–H groups in total. The third-order valence-corrected chi connectivity index (χ3v) is 9.10. The smallest absolute Gasteiger partial charge is 0.332 e. The Morgan fingerprint density at radius 2 is 1.61 bits per heavy atom. The first-order valence-electron chi connectivity index (χ1n) is 17.3. The Morgan fingerprint density at radius 3 is 2.29 bits per heavy atom. The van der Waals surface area contributed by atoms with Gasteiger partial charge < -0.3 is 44.7 Å². The minimum absolute atomic E-state index is 0.0739. The van der Waals surface area contributed by atoms with Gasteiger partial charge in [0.05, 0.1) is 37.9 Å². The Bertz CT molecular complexity index is 2290. The van der Waals surface area contributed by atoms with Crippen LogP contribution in [0.5, 0.6) is 28.9 Å². The third kappa shape index (κ3) is 10.2. The molecule has 17 heteroatoms. The number of amides is 2. The molecule has 0 fully saturated rings. The van der Waals surface area contributed by atoms with E-state index in [1.807, 2.05) is 45.0 Å². The lowest BCUT2D eigenvalue weighted by atomic mass is 9.86. The molecule has 0 bridgehead atoms. The van der Waals surface area contributed by atoms with E-state index in [0.29, 0.717) is 45.1 Å². The van der Waals surface area contributed by atoms with Gasteiger partial charge in [-0.05, 0) is 42.2 Å². The van der Waals surface area contributed by atoms with Gasteiger partial charge in [-0.15, -0.1) is 0 Å². The van der Waals surface area contributed by atoms with E-state index in [4.69, 9.17) is 28.8 Å². The summed E-state index contributed by atoms with van der Waals surface area (Å²) in [6, 6.07) is 20.4. The molecule has 2 amide bonds. The van der Waals surface area contributed by atoms with Gasteiger partial charge in [-0.3, -0.25) is 4.31 Å². The molecule has 4 aromatic carbocycles. The molecule has 16 nitrogen and oxygen atoms in total. The fraction of sp³-hybridized carbons (Fsp3) is 0.282. The van der Waals surface area contributed by atoms with Gasteiger partial charge in [-0.25, -0.2) is 23.0 Å². The first-order valence-corrected chi connectivity index (χ1v) is 18.4. The van der Waals surface area contributed by atoms with Gasteiger partial charge in [0.25, 0.3) is 0 Å². The van der Waals surface area contributed by atoms with Crippen molar-refractivity contribution in [2.45, 2.75) is 39.2 Å². The highest BCUT2D eigenvalue weighted by atomic mass is 32.2. The van der Waals surface area contributed by atoms with Crippen molar-refractivity contribution in [3.8, 4) is 28.9 Å². The lowest BCUT2D eigenvalue weighted by molar-refractivity contribution is -0.149. The Balaban J connectivity index is 1.33. The minimum Gasteiger partial charge on any atom is -0.497 e. The van der Waals surface area contributed by atoms with Gasteiger partial charge in [0.1, 0.15) is 23.9 Å². The molecule has 56 heavy (non-hydrogen) atoms. The number of methoxy groups -OCH3 is 2. The first kappa shape index (κ1) is 40.8. The van der Waals surface area contributed by atoms with Crippen molar-refractivity contribution in [2.24, 2.45) is 0 Å². The van der Waals surface area contributed by atoms with E-state index in [9.17, 15) is 18.0 Å². The van der Waals surface area contributed by atoms with E-state index >= 15 is 0 Å². The summed E-state index contributed by atoms with van der Waals surface area (Å²) in [6.07, 6.45) is 0.581. The van der Waals surface area contributed by atoms with Crippen LogP contribution in [0.2, 0.25) is 0 Å². The molecule has 5 rings (SSSR count). The van der Waals surface area contributed by atoms with Crippen molar-refractivity contribution in [3.05, 3.63) is 84.6 Å². The van der Waals surface area contributed by atoms with E-state index in [2.05, 4.69) is 25.9 Å². The third-order valence-electron chi connectivity index (χ3n) is 8.40. The molecule has 5 aromatic rings. The number of nitrogens with zero attached hydrogens (tertiary/aromatic N) is 3. The number of carboxylic acids is 1. The van der Waals surface area contributed by atoms with E-state index in [0.717, 1.165) is 9.87 Å². The Morgan fingerprint density at radius 1 is 0.893 bits per heavy atom.